The molecule has 2 heteroatoms. The summed E-state index contributed by atoms with van der Waals surface area (Å²) in [6, 6.07) is 102. The van der Waals surface area contributed by atoms with Crippen LogP contribution in [0.2, 0.25) is 0 Å². The highest BCUT2D eigenvalue weighted by Gasteiger charge is 2.17. The van der Waals surface area contributed by atoms with Gasteiger partial charge in [0.05, 0.1) is 16.7 Å². The van der Waals surface area contributed by atoms with Crippen molar-refractivity contribution in [1.82, 2.24) is 4.57 Å². The molecular weight excluding hydrogens is 845 g/mol. The molecule has 1 aromatic heterocycles. The van der Waals surface area contributed by atoms with Gasteiger partial charge in [-0.1, -0.05) is 212 Å². The second-order valence-corrected chi connectivity index (χ2v) is 18.1. The fraction of sp³-hybridized carbons (Fsp3) is 0. The molecule has 12 aromatic carbocycles. The standard InChI is InChI=1S/C68H46N2/c1-2-15-54-45-56(32-29-47(54)13-1)51-37-43-60(44-38-51)69(59-41-35-50(36-42-59)55-17-11-18-57(46-55)62-23-12-16-52-14-3-4-19-61(52)62)58-39-33-49(34-40-58)48-27-30-53(31-28-48)63-20-5-8-24-66(63)70-67-25-9-6-21-64(67)65-22-7-10-26-68(65)70/h1-46H. The molecule has 0 fully saturated rings. The Kier molecular flexibility index (Phi) is 10.2. The molecule has 1 heterocycles. The normalized spacial score (nSPS) is 11.4. The average molecular weight is 891 g/mol. The molecule has 13 rings (SSSR count). The third kappa shape index (κ3) is 7.40. The first-order valence-corrected chi connectivity index (χ1v) is 24.1. The molecule has 0 atom stereocenters. The predicted octanol–water partition coefficient (Wildman–Crippen LogP) is 18.9. The maximum atomic E-state index is 2.41. The SMILES string of the molecule is c1cc(-c2ccc(N(c3ccc(-c4ccc(-c5ccccc5-n5c6ccccc6c6ccccc65)cc4)cc3)c3ccc(-c4ccc5ccccc5c4)cc3)cc2)cc(-c2cccc3ccccc23)c1. The lowest BCUT2D eigenvalue weighted by Gasteiger charge is -2.26. The van der Waals surface area contributed by atoms with Gasteiger partial charge in [0.15, 0.2) is 0 Å². The van der Waals surface area contributed by atoms with Gasteiger partial charge in [0, 0.05) is 33.4 Å². The van der Waals surface area contributed by atoms with Gasteiger partial charge in [0.2, 0.25) is 0 Å². The van der Waals surface area contributed by atoms with Gasteiger partial charge in [-0.15, -0.1) is 0 Å². The molecule has 328 valence electrons. The molecule has 0 radical (unpaired) electrons. The summed E-state index contributed by atoms with van der Waals surface area (Å²) in [6.07, 6.45) is 0. The van der Waals surface area contributed by atoms with Crippen LogP contribution in [0.1, 0.15) is 0 Å². The third-order valence-electron chi connectivity index (χ3n) is 14.0. The number of nitrogens with zero attached hydrogens (tertiary/aromatic N) is 2. The zero-order valence-electron chi connectivity index (χ0n) is 38.5. The van der Waals surface area contributed by atoms with Gasteiger partial charge in [-0.25, -0.2) is 0 Å². The Balaban J connectivity index is 0.832. The first-order chi connectivity index (χ1) is 34.7. The van der Waals surface area contributed by atoms with Crippen molar-refractivity contribution in [1.29, 1.82) is 0 Å². The zero-order chi connectivity index (χ0) is 46.4. The van der Waals surface area contributed by atoms with Crippen molar-refractivity contribution in [2.75, 3.05) is 4.90 Å². The van der Waals surface area contributed by atoms with E-state index in [0.717, 1.165) is 17.1 Å². The Hall–Kier alpha value is -9.24. The van der Waals surface area contributed by atoms with Gasteiger partial charge >= 0.3 is 0 Å². The van der Waals surface area contributed by atoms with Crippen molar-refractivity contribution >= 4 is 60.4 Å². The summed E-state index contributed by atoms with van der Waals surface area (Å²) in [7, 11) is 0. The lowest BCUT2D eigenvalue weighted by Crippen LogP contribution is -2.09. The summed E-state index contributed by atoms with van der Waals surface area (Å²) in [5, 5.41) is 7.53. The highest BCUT2D eigenvalue weighted by atomic mass is 15.1. The number of aromatic nitrogens is 1. The van der Waals surface area contributed by atoms with E-state index in [-0.39, 0.29) is 0 Å². The number of anilines is 3. The Morgan fingerprint density at radius 2 is 0.643 bits per heavy atom. The highest BCUT2D eigenvalue weighted by molar-refractivity contribution is 6.10. The van der Waals surface area contributed by atoms with Crippen LogP contribution in [0.4, 0.5) is 17.1 Å². The maximum absolute atomic E-state index is 2.41. The molecule has 70 heavy (non-hydrogen) atoms. The van der Waals surface area contributed by atoms with Gasteiger partial charge in [-0.05, 0) is 138 Å². The Morgan fingerprint density at radius 1 is 0.229 bits per heavy atom. The monoisotopic (exact) mass is 890 g/mol. The van der Waals surface area contributed by atoms with Crippen LogP contribution in [0.25, 0.3) is 105 Å². The minimum atomic E-state index is 1.09. The number of hydrogen-bond donors (Lipinski definition) is 0. The van der Waals surface area contributed by atoms with E-state index >= 15 is 0 Å². The molecule has 0 saturated heterocycles. The first kappa shape index (κ1) is 41.0. The van der Waals surface area contributed by atoms with Crippen LogP contribution in [0.3, 0.4) is 0 Å². The Labute approximate surface area is 408 Å². The second kappa shape index (κ2) is 17.4. The number of rotatable bonds is 9. The fourth-order valence-electron chi connectivity index (χ4n) is 10.5. The van der Waals surface area contributed by atoms with Crippen molar-refractivity contribution < 1.29 is 0 Å². The molecule has 0 N–H and O–H groups in total. The summed E-state index contributed by atoms with van der Waals surface area (Å²) in [5.41, 5.74) is 18.8. The molecule has 0 spiro atoms. The molecule has 0 aliphatic rings. The first-order valence-electron chi connectivity index (χ1n) is 24.1. The molecule has 0 aliphatic heterocycles. The third-order valence-corrected chi connectivity index (χ3v) is 14.0. The molecule has 0 amide bonds. The van der Waals surface area contributed by atoms with Crippen LogP contribution >= 0.6 is 0 Å². The van der Waals surface area contributed by atoms with Gasteiger partial charge in [-0.2, -0.15) is 0 Å². The van der Waals surface area contributed by atoms with E-state index in [0.29, 0.717) is 0 Å². The maximum Gasteiger partial charge on any atom is 0.0541 e. The van der Waals surface area contributed by atoms with Crippen LogP contribution in [-0.2, 0) is 0 Å². The molecule has 0 unspecified atom stereocenters. The minimum Gasteiger partial charge on any atom is -0.311 e. The summed E-state index contributed by atoms with van der Waals surface area (Å²) in [5.74, 6) is 0. The Morgan fingerprint density at radius 3 is 1.29 bits per heavy atom. The van der Waals surface area contributed by atoms with Crippen molar-refractivity contribution in [3.63, 3.8) is 0 Å². The average Bonchev–Trinajstić information content (AvgIpc) is 3.78. The largest absolute Gasteiger partial charge is 0.311 e. The number of hydrogen-bond acceptors (Lipinski definition) is 1. The van der Waals surface area contributed by atoms with Crippen LogP contribution < -0.4 is 4.90 Å². The van der Waals surface area contributed by atoms with Crippen LogP contribution in [0.5, 0.6) is 0 Å². The smallest absolute Gasteiger partial charge is 0.0541 e. The molecular formula is C68H46N2. The summed E-state index contributed by atoms with van der Waals surface area (Å²) in [4.78, 5) is 2.36. The molecule has 2 nitrogen and oxygen atoms in total. The Bertz CT molecular complexity index is 3970. The molecule has 0 bridgehead atoms. The van der Waals surface area contributed by atoms with Crippen molar-refractivity contribution in [2.24, 2.45) is 0 Å². The van der Waals surface area contributed by atoms with Crippen molar-refractivity contribution in [2.45, 2.75) is 0 Å². The topological polar surface area (TPSA) is 8.17 Å². The summed E-state index contributed by atoms with van der Waals surface area (Å²) in [6.45, 7) is 0. The van der Waals surface area contributed by atoms with Crippen LogP contribution in [0, 0.1) is 0 Å². The van der Waals surface area contributed by atoms with Gasteiger partial charge in [0.25, 0.3) is 0 Å². The van der Waals surface area contributed by atoms with E-state index in [4.69, 9.17) is 0 Å². The van der Waals surface area contributed by atoms with E-state index in [1.807, 2.05) is 0 Å². The lowest BCUT2D eigenvalue weighted by atomic mass is 9.95. The zero-order valence-corrected chi connectivity index (χ0v) is 38.5. The van der Waals surface area contributed by atoms with E-state index in [1.54, 1.807) is 0 Å². The second-order valence-electron chi connectivity index (χ2n) is 18.1. The van der Waals surface area contributed by atoms with Gasteiger partial charge in [0.1, 0.15) is 0 Å². The quantitative estimate of drug-likeness (QED) is 0.140. The number of fused-ring (bicyclic) bond motifs is 5. The predicted molar refractivity (Wildman–Crippen MR) is 298 cm³/mol. The van der Waals surface area contributed by atoms with Crippen molar-refractivity contribution in [3.8, 4) is 61.3 Å². The number of benzene rings is 12. The number of para-hydroxylation sites is 3. The minimum absolute atomic E-state index is 1.09. The van der Waals surface area contributed by atoms with Gasteiger partial charge < -0.3 is 9.47 Å². The summed E-state index contributed by atoms with van der Waals surface area (Å²) >= 11 is 0. The van der Waals surface area contributed by atoms with E-state index in [1.165, 1.54) is 105 Å². The lowest BCUT2D eigenvalue weighted by molar-refractivity contribution is 1.18. The van der Waals surface area contributed by atoms with Crippen molar-refractivity contribution in [3.05, 3.63) is 279 Å². The highest BCUT2D eigenvalue weighted by Crippen LogP contribution is 2.40. The molecule has 0 saturated carbocycles. The molecule has 0 aliphatic carbocycles. The van der Waals surface area contributed by atoms with E-state index < -0.39 is 0 Å². The molecule has 13 aromatic rings. The summed E-state index contributed by atoms with van der Waals surface area (Å²) < 4.78 is 2.41. The van der Waals surface area contributed by atoms with E-state index in [2.05, 4.69) is 289 Å². The van der Waals surface area contributed by atoms with Crippen LogP contribution in [0.15, 0.2) is 279 Å². The fourth-order valence-corrected chi connectivity index (χ4v) is 10.5. The van der Waals surface area contributed by atoms with Crippen LogP contribution in [-0.4, -0.2) is 4.57 Å². The van der Waals surface area contributed by atoms with E-state index in [9.17, 15) is 0 Å². The van der Waals surface area contributed by atoms with Gasteiger partial charge in [-0.3, -0.25) is 0 Å².